The molecule has 17 heavy (non-hydrogen) atoms. The van der Waals surface area contributed by atoms with E-state index >= 15 is 0 Å². The molecule has 0 radical (unpaired) electrons. The zero-order valence-corrected chi connectivity index (χ0v) is 10.1. The molecule has 2 saturated heterocycles. The fourth-order valence-electron chi connectivity index (χ4n) is 2.33. The minimum absolute atomic E-state index is 0.0263. The molecule has 0 bridgehead atoms. The number of aliphatic hydroxyl groups is 2. The van der Waals surface area contributed by atoms with E-state index in [1.807, 2.05) is 6.92 Å². The zero-order valence-electron chi connectivity index (χ0n) is 10.1. The molecule has 0 spiro atoms. The van der Waals surface area contributed by atoms with Crippen molar-refractivity contribution >= 4 is 0 Å². The van der Waals surface area contributed by atoms with E-state index in [1.54, 1.807) is 6.08 Å². The van der Waals surface area contributed by atoms with Crippen LogP contribution >= 0.6 is 0 Å². The fraction of sp³-hybridized carbons (Fsp3) is 0.692. The molecule has 2 fully saturated rings. The van der Waals surface area contributed by atoms with E-state index in [2.05, 4.69) is 13.2 Å². The highest BCUT2D eigenvalue weighted by Crippen LogP contribution is 2.50. The lowest BCUT2D eigenvalue weighted by Crippen LogP contribution is -2.24. The number of rotatable bonds is 7. The van der Waals surface area contributed by atoms with E-state index in [0.29, 0.717) is 12.8 Å². The average molecular weight is 240 g/mol. The number of epoxide rings is 2. The van der Waals surface area contributed by atoms with Gasteiger partial charge in [-0.05, 0) is 13.3 Å². The van der Waals surface area contributed by atoms with Crippen molar-refractivity contribution in [1.29, 1.82) is 0 Å². The molecule has 96 valence electrons. The first-order chi connectivity index (χ1) is 8.01. The van der Waals surface area contributed by atoms with Crippen LogP contribution in [0.1, 0.15) is 19.8 Å². The number of aliphatic hydroxyl groups excluding tert-OH is 2. The van der Waals surface area contributed by atoms with Crippen LogP contribution in [0.25, 0.3) is 0 Å². The summed E-state index contributed by atoms with van der Waals surface area (Å²) in [7, 11) is 0. The third-order valence-electron chi connectivity index (χ3n) is 3.47. The van der Waals surface area contributed by atoms with Crippen LogP contribution in [0.4, 0.5) is 0 Å². The molecule has 0 aromatic heterocycles. The Hall–Kier alpha value is -0.680. The Labute approximate surface area is 102 Å². The standard InChI is InChI=1S/C13H20O4/c1-4-6-9(15)10-11(16-10)12-13(3,17-12)7-8(14)5-2/h4-5,8-12,14-15H,1-2,6-7H2,3H3/t8-,9?,10+,11-,12+,13+/m1/s1. The molecule has 1 unspecified atom stereocenters. The van der Waals surface area contributed by atoms with Gasteiger partial charge in [0.2, 0.25) is 0 Å². The summed E-state index contributed by atoms with van der Waals surface area (Å²) in [6, 6.07) is 0. The summed E-state index contributed by atoms with van der Waals surface area (Å²) in [5, 5.41) is 19.2. The van der Waals surface area contributed by atoms with Crippen molar-refractivity contribution in [3.8, 4) is 0 Å². The zero-order chi connectivity index (χ0) is 12.6. The Morgan fingerprint density at radius 3 is 2.71 bits per heavy atom. The lowest BCUT2D eigenvalue weighted by atomic mass is 9.96. The first kappa shape index (κ1) is 12.8. The van der Waals surface area contributed by atoms with Crippen molar-refractivity contribution in [2.75, 3.05) is 0 Å². The van der Waals surface area contributed by atoms with Gasteiger partial charge in [0, 0.05) is 6.42 Å². The van der Waals surface area contributed by atoms with Crippen LogP contribution < -0.4 is 0 Å². The van der Waals surface area contributed by atoms with Crippen molar-refractivity contribution < 1.29 is 19.7 Å². The number of hydrogen-bond donors (Lipinski definition) is 2. The summed E-state index contributed by atoms with van der Waals surface area (Å²) in [6.07, 6.45) is 2.94. The lowest BCUT2D eigenvalue weighted by Gasteiger charge is -2.08. The van der Waals surface area contributed by atoms with E-state index in [9.17, 15) is 10.2 Å². The Morgan fingerprint density at radius 2 is 2.12 bits per heavy atom. The van der Waals surface area contributed by atoms with Crippen LogP contribution in [0.5, 0.6) is 0 Å². The molecule has 4 heteroatoms. The van der Waals surface area contributed by atoms with Crippen LogP contribution in [0.2, 0.25) is 0 Å². The topological polar surface area (TPSA) is 65.5 Å². The molecule has 0 aliphatic carbocycles. The Bertz CT molecular complexity index is 317. The summed E-state index contributed by atoms with van der Waals surface area (Å²) in [6.45, 7) is 9.07. The van der Waals surface area contributed by atoms with Crippen molar-refractivity contribution in [3.63, 3.8) is 0 Å². The van der Waals surface area contributed by atoms with Gasteiger partial charge in [-0.15, -0.1) is 13.2 Å². The van der Waals surface area contributed by atoms with Crippen LogP contribution in [-0.4, -0.2) is 46.3 Å². The highest BCUT2D eigenvalue weighted by atomic mass is 16.7. The van der Waals surface area contributed by atoms with E-state index in [4.69, 9.17) is 9.47 Å². The second-order valence-electron chi connectivity index (χ2n) is 5.02. The van der Waals surface area contributed by atoms with E-state index in [-0.39, 0.29) is 23.9 Å². The van der Waals surface area contributed by atoms with Crippen molar-refractivity contribution in [2.24, 2.45) is 0 Å². The number of ether oxygens (including phenoxy) is 2. The summed E-state index contributed by atoms with van der Waals surface area (Å²) in [4.78, 5) is 0. The minimum atomic E-state index is -0.555. The van der Waals surface area contributed by atoms with Crippen molar-refractivity contribution in [2.45, 2.75) is 55.9 Å². The van der Waals surface area contributed by atoms with Gasteiger partial charge in [-0.2, -0.15) is 0 Å². The average Bonchev–Trinajstić information content (AvgIpc) is 3.14. The Balaban J connectivity index is 1.80. The van der Waals surface area contributed by atoms with E-state index in [1.165, 1.54) is 6.08 Å². The van der Waals surface area contributed by atoms with E-state index < -0.39 is 12.2 Å². The predicted molar refractivity (Wildman–Crippen MR) is 63.6 cm³/mol. The largest absolute Gasteiger partial charge is 0.390 e. The molecule has 0 saturated carbocycles. The fourth-order valence-corrected chi connectivity index (χ4v) is 2.33. The maximum Gasteiger partial charge on any atom is 0.116 e. The summed E-state index contributed by atoms with van der Waals surface area (Å²) in [5.41, 5.74) is -0.346. The maximum atomic E-state index is 9.72. The summed E-state index contributed by atoms with van der Waals surface area (Å²) >= 11 is 0. The smallest absolute Gasteiger partial charge is 0.116 e. The van der Waals surface area contributed by atoms with Gasteiger partial charge >= 0.3 is 0 Å². The summed E-state index contributed by atoms with van der Waals surface area (Å²) in [5.74, 6) is 0. The van der Waals surface area contributed by atoms with Crippen molar-refractivity contribution in [3.05, 3.63) is 25.3 Å². The molecule has 2 aliphatic rings. The minimum Gasteiger partial charge on any atom is -0.390 e. The molecule has 0 aromatic rings. The van der Waals surface area contributed by atoms with Gasteiger partial charge in [-0.25, -0.2) is 0 Å². The van der Waals surface area contributed by atoms with Crippen molar-refractivity contribution in [1.82, 2.24) is 0 Å². The molecular weight excluding hydrogens is 220 g/mol. The van der Waals surface area contributed by atoms with Crippen LogP contribution in [0.3, 0.4) is 0 Å². The van der Waals surface area contributed by atoms with Gasteiger partial charge in [0.1, 0.15) is 18.3 Å². The molecule has 2 N–H and O–H groups in total. The highest BCUT2D eigenvalue weighted by molar-refractivity contribution is 5.13. The second-order valence-corrected chi connectivity index (χ2v) is 5.02. The lowest BCUT2D eigenvalue weighted by molar-refractivity contribution is 0.138. The highest BCUT2D eigenvalue weighted by Gasteiger charge is 2.65. The second kappa shape index (κ2) is 4.53. The first-order valence-electron chi connectivity index (χ1n) is 5.94. The van der Waals surface area contributed by atoms with Gasteiger partial charge in [-0.1, -0.05) is 12.2 Å². The SMILES string of the molecule is C=CCC(O)[C@@H]1O[C@H]1[C@@H]1O[C@@]1(C)C[C@H](O)C=C. The van der Waals surface area contributed by atoms with Crippen LogP contribution in [0.15, 0.2) is 25.3 Å². The van der Waals surface area contributed by atoms with Gasteiger partial charge in [0.05, 0.1) is 17.8 Å². The van der Waals surface area contributed by atoms with Gasteiger partial charge in [0.25, 0.3) is 0 Å². The molecule has 6 atom stereocenters. The molecule has 4 nitrogen and oxygen atoms in total. The molecule has 2 aliphatic heterocycles. The van der Waals surface area contributed by atoms with Crippen LogP contribution in [0, 0.1) is 0 Å². The van der Waals surface area contributed by atoms with Gasteiger partial charge < -0.3 is 19.7 Å². The van der Waals surface area contributed by atoms with Crippen LogP contribution in [-0.2, 0) is 9.47 Å². The first-order valence-corrected chi connectivity index (χ1v) is 5.94. The maximum absolute atomic E-state index is 9.72. The molecule has 2 heterocycles. The van der Waals surface area contributed by atoms with E-state index in [0.717, 1.165) is 0 Å². The third-order valence-corrected chi connectivity index (χ3v) is 3.47. The predicted octanol–water partition coefficient (Wildman–Crippen LogP) is 0.785. The molecule has 0 amide bonds. The number of hydrogen-bond acceptors (Lipinski definition) is 4. The molecule has 2 rings (SSSR count). The summed E-state index contributed by atoms with van der Waals surface area (Å²) < 4.78 is 11.0. The Morgan fingerprint density at radius 1 is 1.41 bits per heavy atom. The molecule has 0 aromatic carbocycles. The molecular formula is C13H20O4. The third kappa shape index (κ3) is 2.60. The monoisotopic (exact) mass is 240 g/mol. The van der Waals surface area contributed by atoms with Gasteiger partial charge in [-0.3, -0.25) is 0 Å². The quantitative estimate of drug-likeness (QED) is 0.510. The Kier molecular flexibility index (Phi) is 3.41. The van der Waals surface area contributed by atoms with Gasteiger partial charge in [0.15, 0.2) is 0 Å². The normalized spacial score (nSPS) is 42.6.